The fourth-order valence-corrected chi connectivity index (χ4v) is 1.59. The first-order chi connectivity index (χ1) is 8.70. The van der Waals surface area contributed by atoms with Gasteiger partial charge in [-0.2, -0.15) is 0 Å². The molecule has 18 heavy (non-hydrogen) atoms. The molecule has 5 heteroatoms. The second-order valence-electron chi connectivity index (χ2n) is 3.50. The minimum absolute atomic E-state index is 0.272. The van der Waals surface area contributed by atoms with Gasteiger partial charge in [0, 0.05) is 6.07 Å². The summed E-state index contributed by atoms with van der Waals surface area (Å²) in [7, 11) is 1.50. The van der Waals surface area contributed by atoms with Crippen LogP contribution in [0.25, 0.3) is 0 Å². The third-order valence-electron chi connectivity index (χ3n) is 2.29. The van der Waals surface area contributed by atoms with Crippen molar-refractivity contribution in [2.45, 2.75) is 0 Å². The number of carbonyl (C=O) groups is 1. The summed E-state index contributed by atoms with van der Waals surface area (Å²) in [6.07, 6.45) is 0. The standard InChI is InChI=1S/C13H11ClN2O2/c1-18-12-8-4-7-11(15-12)13(17)16-10-6-3-2-5-9(10)14/h2-8H,1H3,(H,16,17). The lowest BCUT2D eigenvalue weighted by Gasteiger charge is -2.07. The fraction of sp³-hybridized carbons (Fsp3) is 0.0769. The number of aromatic nitrogens is 1. The molecule has 1 heterocycles. The van der Waals surface area contributed by atoms with E-state index in [1.54, 1.807) is 42.5 Å². The average Bonchev–Trinajstić information content (AvgIpc) is 2.41. The van der Waals surface area contributed by atoms with Crippen molar-refractivity contribution in [3.8, 4) is 5.88 Å². The average molecular weight is 263 g/mol. The molecule has 0 saturated carbocycles. The molecular formula is C13H11ClN2O2. The lowest BCUT2D eigenvalue weighted by molar-refractivity contribution is 0.102. The molecular weight excluding hydrogens is 252 g/mol. The van der Waals surface area contributed by atoms with Crippen LogP contribution in [0.2, 0.25) is 5.02 Å². The van der Waals surface area contributed by atoms with E-state index in [0.29, 0.717) is 16.6 Å². The number of carbonyl (C=O) groups excluding carboxylic acids is 1. The molecule has 0 unspecified atom stereocenters. The Hall–Kier alpha value is -2.07. The predicted octanol–water partition coefficient (Wildman–Crippen LogP) is 3.00. The highest BCUT2D eigenvalue weighted by atomic mass is 35.5. The third-order valence-corrected chi connectivity index (χ3v) is 2.62. The van der Waals surface area contributed by atoms with Crippen LogP contribution in [0, 0.1) is 0 Å². The fourth-order valence-electron chi connectivity index (χ4n) is 1.40. The monoisotopic (exact) mass is 262 g/mol. The van der Waals surface area contributed by atoms with Crippen LogP contribution in [0.4, 0.5) is 5.69 Å². The lowest BCUT2D eigenvalue weighted by atomic mass is 10.3. The molecule has 1 aromatic heterocycles. The van der Waals surface area contributed by atoms with E-state index >= 15 is 0 Å². The van der Waals surface area contributed by atoms with Gasteiger partial charge in [-0.15, -0.1) is 0 Å². The Morgan fingerprint density at radius 2 is 2.00 bits per heavy atom. The van der Waals surface area contributed by atoms with Crippen molar-refractivity contribution in [3.63, 3.8) is 0 Å². The van der Waals surface area contributed by atoms with Crippen LogP contribution in [0.15, 0.2) is 42.5 Å². The summed E-state index contributed by atoms with van der Waals surface area (Å²) in [5.74, 6) is 0.0591. The lowest BCUT2D eigenvalue weighted by Crippen LogP contribution is -2.14. The van der Waals surface area contributed by atoms with Gasteiger partial charge in [-0.1, -0.05) is 29.8 Å². The summed E-state index contributed by atoms with van der Waals surface area (Å²) in [4.78, 5) is 16.0. The van der Waals surface area contributed by atoms with E-state index < -0.39 is 0 Å². The van der Waals surface area contributed by atoms with Gasteiger partial charge in [0.2, 0.25) is 5.88 Å². The highest BCUT2D eigenvalue weighted by molar-refractivity contribution is 6.33. The van der Waals surface area contributed by atoms with Gasteiger partial charge in [0.05, 0.1) is 17.8 Å². The normalized spacial score (nSPS) is 9.89. The van der Waals surface area contributed by atoms with Crippen molar-refractivity contribution in [3.05, 3.63) is 53.2 Å². The Bertz CT molecular complexity index is 572. The summed E-state index contributed by atoms with van der Waals surface area (Å²) in [5, 5.41) is 3.17. The smallest absolute Gasteiger partial charge is 0.274 e. The number of methoxy groups -OCH3 is 1. The zero-order valence-corrected chi connectivity index (χ0v) is 10.4. The first-order valence-corrected chi connectivity index (χ1v) is 5.65. The van der Waals surface area contributed by atoms with Gasteiger partial charge in [0.25, 0.3) is 5.91 Å². The van der Waals surface area contributed by atoms with Gasteiger partial charge >= 0.3 is 0 Å². The molecule has 1 aromatic carbocycles. The number of amides is 1. The highest BCUT2D eigenvalue weighted by Gasteiger charge is 2.10. The van der Waals surface area contributed by atoms with Crippen molar-refractivity contribution in [1.29, 1.82) is 0 Å². The number of ether oxygens (including phenoxy) is 1. The van der Waals surface area contributed by atoms with Crippen molar-refractivity contribution >= 4 is 23.2 Å². The third kappa shape index (κ3) is 2.78. The summed E-state index contributed by atoms with van der Waals surface area (Å²) < 4.78 is 4.96. The summed E-state index contributed by atoms with van der Waals surface area (Å²) in [6.45, 7) is 0. The Morgan fingerprint density at radius 3 is 2.72 bits per heavy atom. The molecule has 0 fully saturated rings. The molecule has 1 amide bonds. The number of hydrogen-bond donors (Lipinski definition) is 1. The maximum absolute atomic E-state index is 11.9. The van der Waals surface area contributed by atoms with Crippen LogP contribution >= 0.6 is 11.6 Å². The van der Waals surface area contributed by atoms with Gasteiger partial charge in [0.1, 0.15) is 5.69 Å². The molecule has 2 aromatic rings. The molecule has 0 atom stereocenters. The maximum Gasteiger partial charge on any atom is 0.274 e. The summed E-state index contributed by atoms with van der Waals surface area (Å²) >= 11 is 5.95. The molecule has 1 N–H and O–H groups in total. The van der Waals surface area contributed by atoms with Crippen LogP contribution in [-0.2, 0) is 0 Å². The van der Waals surface area contributed by atoms with E-state index in [0.717, 1.165) is 0 Å². The van der Waals surface area contributed by atoms with Crippen LogP contribution in [0.5, 0.6) is 5.88 Å². The van der Waals surface area contributed by atoms with Crippen LogP contribution in [0.1, 0.15) is 10.5 Å². The second-order valence-corrected chi connectivity index (χ2v) is 3.91. The zero-order valence-electron chi connectivity index (χ0n) is 9.68. The van der Waals surface area contributed by atoms with Crippen LogP contribution in [-0.4, -0.2) is 18.0 Å². The molecule has 0 aliphatic carbocycles. The van der Waals surface area contributed by atoms with Crippen molar-refractivity contribution in [2.24, 2.45) is 0 Å². The molecule has 0 saturated heterocycles. The van der Waals surface area contributed by atoms with E-state index in [4.69, 9.17) is 16.3 Å². The molecule has 0 aliphatic heterocycles. The van der Waals surface area contributed by atoms with Gasteiger partial charge in [-0.05, 0) is 18.2 Å². The summed E-state index contributed by atoms with van der Waals surface area (Å²) in [6, 6.07) is 12.0. The Balaban J connectivity index is 2.19. The van der Waals surface area contributed by atoms with Gasteiger partial charge in [-0.3, -0.25) is 4.79 Å². The largest absolute Gasteiger partial charge is 0.481 e. The maximum atomic E-state index is 11.9. The number of nitrogens with zero attached hydrogens (tertiary/aromatic N) is 1. The first-order valence-electron chi connectivity index (χ1n) is 5.27. The second kappa shape index (κ2) is 5.51. The number of rotatable bonds is 3. The minimum Gasteiger partial charge on any atom is -0.481 e. The van der Waals surface area contributed by atoms with Crippen molar-refractivity contribution in [1.82, 2.24) is 4.98 Å². The molecule has 0 aliphatic rings. The van der Waals surface area contributed by atoms with E-state index in [1.165, 1.54) is 7.11 Å². The number of para-hydroxylation sites is 1. The number of anilines is 1. The number of halogens is 1. The van der Waals surface area contributed by atoms with Crippen LogP contribution < -0.4 is 10.1 Å². The minimum atomic E-state index is -0.331. The van der Waals surface area contributed by atoms with E-state index in [2.05, 4.69) is 10.3 Å². The Labute approximate surface area is 110 Å². The van der Waals surface area contributed by atoms with Crippen LogP contribution in [0.3, 0.4) is 0 Å². The molecule has 0 spiro atoms. The first kappa shape index (κ1) is 12.4. The topological polar surface area (TPSA) is 51.2 Å². The van der Waals surface area contributed by atoms with Crippen molar-refractivity contribution in [2.75, 3.05) is 12.4 Å². The SMILES string of the molecule is COc1cccc(C(=O)Nc2ccccc2Cl)n1. The van der Waals surface area contributed by atoms with Gasteiger partial charge in [-0.25, -0.2) is 4.98 Å². The summed E-state index contributed by atoms with van der Waals surface area (Å²) in [5.41, 5.74) is 0.822. The number of pyridine rings is 1. The Morgan fingerprint density at radius 1 is 1.22 bits per heavy atom. The van der Waals surface area contributed by atoms with E-state index in [9.17, 15) is 4.79 Å². The quantitative estimate of drug-likeness (QED) is 0.925. The molecule has 4 nitrogen and oxygen atoms in total. The number of nitrogens with one attached hydrogen (secondary N) is 1. The molecule has 2 rings (SSSR count). The highest BCUT2D eigenvalue weighted by Crippen LogP contribution is 2.21. The van der Waals surface area contributed by atoms with E-state index in [-0.39, 0.29) is 11.6 Å². The Kier molecular flexibility index (Phi) is 3.79. The van der Waals surface area contributed by atoms with Gasteiger partial charge < -0.3 is 10.1 Å². The number of hydrogen-bond acceptors (Lipinski definition) is 3. The van der Waals surface area contributed by atoms with Crippen molar-refractivity contribution < 1.29 is 9.53 Å². The molecule has 92 valence electrons. The van der Waals surface area contributed by atoms with E-state index in [1.807, 2.05) is 0 Å². The number of benzene rings is 1. The molecule has 0 radical (unpaired) electrons. The zero-order chi connectivity index (χ0) is 13.0. The predicted molar refractivity (Wildman–Crippen MR) is 70.2 cm³/mol. The molecule has 0 bridgehead atoms. The van der Waals surface area contributed by atoms with Gasteiger partial charge in [0.15, 0.2) is 0 Å².